The van der Waals surface area contributed by atoms with Crippen LogP contribution in [-0.4, -0.2) is 15.8 Å². The van der Waals surface area contributed by atoms with E-state index in [0.29, 0.717) is 0 Å². The number of aryl methyl sites for hydroxylation is 2. The Kier molecular flexibility index (Phi) is 2.37. The van der Waals surface area contributed by atoms with Gasteiger partial charge in [-0.2, -0.15) is 0 Å². The van der Waals surface area contributed by atoms with Crippen LogP contribution in [0.4, 0.5) is 0 Å². The van der Waals surface area contributed by atoms with Crippen molar-refractivity contribution in [2.75, 3.05) is 6.26 Å². The number of benzene rings is 1. The van der Waals surface area contributed by atoms with Crippen molar-refractivity contribution in [3.63, 3.8) is 0 Å². The predicted octanol–water partition coefficient (Wildman–Crippen LogP) is 3.76. The molecule has 0 aliphatic heterocycles. The number of rotatable bonds is 1. The lowest BCUT2D eigenvalue weighted by Crippen LogP contribution is -1.91. The highest BCUT2D eigenvalue weighted by molar-refractivity contribution is 7.98. The SMILES string of the molecule is CSc1cc(C)nc2c1c1ccccc1n2C. The number of fused-ring (bicyclic) bond motifs is 3. The molecule has 1 aromatic carbocycles. The quantitative estimate of drug-likeness (QED) is 0.605. The van der Waals surface area contributed by atoms with Crippen LogP contribution in [-0.2, 0) is 7.05 Å². The van der Waals surface area contributed by atoms with Crippen LogP contribution in [0.3, 0.4) is 0 Å². The molecule has 0 saturated heterocycles. The lowest BCUT2D eigenvalue weighted by molar-refractivity contribution is 0.979. The molecule has 0 aliphatic rings. The molecule has 2 heterocycles. The van der Waals surface area contributed by atoms with Gasteiger partial charge in [0.1, 0.15) is 5.65 Å². The van der Waals surface area contributed by atoms with Crippen LogP contribution in [0.25, 0.3) is 21.9 Å². The van der Waals surface area contributed by atoms with E-state index in [2.05, 4.69) is 60.1 Å². The Labute approximate surface area is 105 Å². The Hall–Kier alpha value is -1.48. The molecule has 0 aliphatic carbocycles. The summed E-state index contributed by atoms with van der Waals surface area (Å²) in [5.41, 5.74) is 3.40. The first-order chi connectivity index (χ1) is 8.22. The third kappa shape index (κ3) is 1.46. The summed E-state index contributed by atoms with van der Waals surface area (Å²) < 4.78 is 2.18. The molecule has 17 heavy (non-hydrogen) atoms. The Morgan fingerprint density at radius 2 is 2.00 bits per heavy atom. The lowest BCUT2D eigenvalue weighted by atomic mass is 10.2. The molecule has 0 radical (unpaired) electrons. The van der Waals surface area contributed by atoms with Gasteiger partial charge in [0.25, 0.3) is 0 Å². The smallest absolute Gasteiger partial charge is 0.142 e. The summed E-state index contributed by atoms with van der Waals surface area (Å²) in [5.74, 6) is 0. The highest BCUT2D eigenvalue weighted by Crippen LogP contribution is 2.34. The van der Waals surface area contributed by atoms with Crippen molar-refractivity contribution < 1.29 is 0 Å². The van der Waals surface area contributed by atoms with Gasteiger partial charge in [-0.3, -0.25) is 0 Å². The number of thioether (sulfide) groups is 1. The summed E-state index contributed by atoms with van der Waals surface area (Å²) in [6, 6.07) is 10.7. The number of nitrogens with zero attached hydrogens (tertiary/aromatic N) is 2. The second-order valence-corrected chi connectivity index (χ2v) is 5.09. The molecular formula is C14H14N2S. The zero-order valence-corrected chi connectivity index (χ0v) is 11.0. The van der Waals surface area contributed by atoms with Gasteiger partial charge in [-0.15, -0.1) is 11.8 Å². The predicted molar refractivity (Wildman–Crippen MR) is 74.7 cm³/mol. The molecule has 0 atom stereocenters. The number of hydrogen-bond acceptors (Lipinski definition) is 2. The number of pyridine rings is 1. The average molecular weight is 242 g/mol. The van der Waals surface area contributed by atoms with Crippen LogP contribution in [0.15, 0.2) is 35.2 Å². The fourth-order valence-corrected chi connectivity index (χ4v) is 3.07. The third-order valence-electron chi connectivity index (χ3n) is 3.16. The Morgan fingerprint density at radius 1 is 1.24 bits per heavy atom. The van der Waals surface area contributed by atoms with E-state index in [0.717, 1.165) is 11.3 Å². The topological polar surface area (TPSA) is 17.8 Å². The Bertz CT molecular complexity index is 713. The summed E-state index contributed by atoms with van der Waals surface area (Å²) in [5, 5.41) is 2.57. The van der Waals surface area contributed by atoms with Crippen LogP contribution in [0.1, 0.15) is 5.69 Å². The fourth-order valence-electron chi connectivity index (χ4n) is 2.38. The van der Waals surface area contributed by atoms with Gasteiger partial charge >= 0.3 is 0 Å². The van der Waals surface area contributed by atoms with Gasteiger partial charge in [0.15, 0.2) is 0 Å². The van der Waals surface area contributed by atoms with E-state index < -0.39 is 0 Å². The summed E-state index contributed by atoms with van der Waals surface area (Å²) in [6.45, 7) is 2.05. The minimum Gasteiger partial charge on any atom is -0.328 e. The molecule has 3 rings (SSSR count). The summed E-state index contributed by atoms with van der Waals surface area (Å²) >= 11 is 1.79. The van der Waals surface area contributed by atoms with Gasteiger partial charge in [0.2, 0.25) is 0 Å². The van der Waals surface area contributed by atoms with Crippen molar-refractivity contribution in [1.29, 1.82) is 0 Å². The minimum atomic E-state index is 1.08. The number of hydrogen-bond donors (Lipinski definition) is 0. The van der Waals surface area contributed by atoms with Crippen molar-refractivity contribution in [2.45, 2.75) is 11.8 Å². The van der Waals surface area contributed by atoms with E-state index >= 15 is 0 Å². The zero-order valence-electron chi connectivity index (χ0n) is 10.2. The molecule has 3 aromatic rings. The highest BCUT2D eigenvalue weighted by atomic mass is 32.2. The molecule has 0 saturated carbocycles. The van der Waals surface area contributed by atoms with E-state index in [1.807, 2.05) is 0 Å². The van der Waals surface area contributed by atoms with Crippen molar-refractivity contribution in [3.05, 3.63) is 36.0 Å². The standard InChI is InChI=1S/C14H14N2S/c1-9-8-12(17-3)13-10-6-4-5-7-11(10)16(2)14(13)15-9/h4-8H,1-3H3. The molecule has 0 spiro atoms. The first kappa shape index (κ1) is 10.7. The molecule has 86 valence electrons. The fraction of sp³-hybridized carbons (Fsp3) is 0.214. The van der Waals surface area contributed by atoms with Crippen LogP contribution in [0.2, 0.25) is 0 Å². The molecule has 0 fully saturated rings. The maximum atomic E-state index is 4.67. The maximum Gasteiger partial charge on any atom is 0.142 e. The summed E-state index contributed by atoms with van der Waals surface area (Å²) in [7, 11) is 2.08. The summed E-state index contributed by atoms with van der Waals surface area (Å²) in [4.78, 5) is 5.98. The maximum absolute atomic E-state index is 4.67. The average Bonchev–Trinajstić information content (AvgIpc) is 2.63. The Morgan fingerprint density at radius 3 is 2.76 bits per heavy atom. The Balaban J connectivity index is 2.62. The molecule has 0 N–H and O–H groups in total. The van der Waals surface area contributed by atoms with Gasteiger partial charge < -0.3 is 4.57 Å². The molecule has 3 heteroatoms. The van der Waals surface area contributed by atoms with Crippen molar-refractivity contribution >= 4 is 33.7 Å². The van der Waals surface area contributed by atoms with E-state index in [1.54, 1.807) is 11.8 Å². The van der Waals surface area contributed by atoms with E-state index in [4.69, 9.17) is 0 Å². The van der Waals surface area contributed by atoms with Crippen LogP contribution in [0, 0.1) is 6.92 Å². The van der Waals surface area contributed by atoms with Gasteiger partial charge in [-0.05, 0) is 25.3 Å². The monoisotopic (exact) mass is 242 g/mol. The molecule has 0 bridgehead atoms. The van der Waals surface area contributed by atoms with Crippen LogP contribution in [0.5, 0.6) is 0 Å². The van der Waals surface area contributed by atoms with Crippen molar-refractivity contribution in [2.24, 2.45) is 7.05 Å². The number of aromatic nitrogens is 2. The zero-order chi connectivity index (χ0) is 12.0. The molecule has 0 unspecified atom stereocenters. The van der Waals surface area contributed by atoms with Gasteiger partial charge in [0.05, 0.1) is 5.52 Å². The van der Waals surface area contributed by atoms with Crippen LogP contribution < -0.4 is 0 Å². The van der Waals surface area contributed by atoms with Crippen molar-refractivity contribution in [3.8, 4) is 0 Å². The lowest BCUT2D eigenvalue weighted by Gasteiger charge is -2.02. The number of para-hydroxylation sites is 1. The largest absolute Gasteiger partial charge is 0.328 e. The molecule has 2 nitrogen and oxygen atoms in total. The van der Waals surface area contributed by atoms with Gasteiger partial charge in [-0.1, -0.05) is 18.2 Å². The second-order valence-electron chi connectivity index (χ2n) is 4.24. The van der Waals surface area contributed by atoms with Gasteiger partial charge in [0, 0.05) is 28.4 Å². The molecule has 2 aromatic heterocycles. The molecule has 0 amide bonds. The van der Waals surface area contributed by atoms with E-state index in [1.165, 1.54) is 21.2 Å². The van der Waals surface area contributed by atoms with Crippen LogP contribution >= 0.6 is 11.8 Å². The van der Waals surface area contributed by atoms with Gasteiger partial charge in [-0.25, -0.2) is 4.98 Å². The molecular weight excluding hydrogens is 228 g/mol. The summed E-state index contributed by atoms with van der Waals surface area (Å²) in [6.07, 6.45) is 2.12. The normalized spacial score (nSPS) is 11.5. The minimum absolute atomic E-state index is 1.08. The van der Waals surface area contributed by atoms with E-state index in [-0.39, 0.29) is 0 Å². The first-order valence-corrected chi connectivity index (χ1v) is 6.83. The van der Waals surface area contributed by atoms with Crippen molar-refractivity contribution in [1.82, 2.24) is 9.55 Å². The van der Waals surface area contributed by atoms with E-state index in [9.17, 15) is 0 Å². The highest BCUT2D eigenvalue weighted by Gasteiger charge is 2.12. The first-order valence-electron chi connectivity index (χ1n) is 5.61. The third-order valence-corrected chi connectivity index (χ3v) is 3.93. The second kappa shape index (κ2) is 3.77.